The molecule has 0 saturated carbocycles. The number of ether oxygens (including phenoxy) is 2. The lowest BCUT2D eigenvalue weighted by Crippen LogP contribution is -2.15. The van der Waals surface area contributed by atoms with Crippen molar-refractivity contribution in [3.63, 3.8) is 0 Å². The van der Waals surface area contributed by atoms with Crippen LogP contribution in [0.15, 0.2) is 53.2 Å². The second kappa shape index (κ2) is 20.9. The topological polar surface area (TPSA) is 44.2 Å². The van der Waals surface area contributed by atoms with E-state index in [1.54, 1.807) is 17.4 Å². The fraction of sp³-hybridized carbons (Fsp3) is 0.545. The summed E-state index contributed by atoms with van der Waals surface area (Å²) in [6.07, 6.45) is 19.6. The van der Waals surface area contributed by atoms with Gasteiger partial charge in [0.15, 0.2) is 11.5 Å². The van der Waals surface area contributed by atoms with Crippen molar-refractivity contribution in [1.29, 1.82) is 0 Å². The van der Waals surface area contributed by atoms with Crippen LogP contribution in [0.4, 0.5) is 4.39 Å². The van der Waals surface area contributed by atoms with Gasteiger partial charge in [-0.1, -0.05) is 117 Å². The molecule has 3 aromatic heterocycles. The molecule has 2 atom stereocenters. The number of benzene rings is 2. The van der Waals surface area contributed by atoms with Gasteiger partial charge in [-0.3, -0.25) is 0 Å². The van der Waals surface area contributed by atoms with Crippen molar-refractivity contribution in [1.82, 2.24) is 9.97 Å². The van der Waals surface area contributed by atoms with Crippen LogP contribution in [0.2, 0.25) is 0 Å². The third-order valence-corrected chi connectivity index (χ3v) is 11.9. The second-order valence-corrected chi connectivity index (χ2v) is 16.2. The van der Waals surface area contributed by atoms with Gasteiger partial charge in [-0.2, -0.15) is 0 Å². The standard InChI is InChI=1S/C44H59FN2O2S2/c1-5-9-13-15-21-32(19-11-7-3)30-48-38-28-36-37(29-39(38)49-31-33(20-12-8-4)22-16-14-10-6-2)47-44-42(41-24-18-26-51-41)35(45)27-34(43(44)46-36)40-23-17-25-50-40/h17-18,23-29,32-33H,5-16,19-22,30-31H2,1-4H3. The van der Waals surface area contributed by atoms with Crippen LogP contribution in [-0.2, 0) is 0 Å². The van der Waals surface area contributed by atoms with Crippen molar-refractivity contribution in [3.05, 3.63) is 59.0 Å². The van der Waals surface area contributed by atoms with Gasteiger partial charge in [0.1, 0.15) is 11.3 Å². The Balaban J connectivity index is 1.55. The largest absolute Gasteiger partial charge is 0.489 e. The van der Waals surface area contributed by atoms with E-state index in [0.29, 0.717) is 47.2 Å². The van der Waals surface area contributed by atoms with Crippen LogP contribution in [0.1, 0.15) is 130 Å². The molecular weight excluding hydrogens is 672 g/mol. The highest BCUT2D eigenvalue weighted by molar-refractivity contribution is 7.14. The number of fused-ring (bicyclic) bond motifs is 2. The van der Waals surface area contributed by atoms with Crippen molar-refractivity contribution >= 4 is 44.7 Å². The van der Waals surface area contributed by atoms with E-state index < -0.39 is 0 Å². The lowest BCUT2D eigenvalue weighted by Gasteiger charge is -2.22. The molecule has 7 heteroatoms. The first-order chi connectivity index (χ1) is 25.1. The third-order valence-electron chi connectivity index (χ3n) is 10.1. The fourth-order valence-corrected chi connectivity index (χ4v) is 8.57. The molecular formula is C44H59FN2O2S2. The molecule has 51 heavy (non-hydrogen) atoms. The zero-order valence-electron chi connectivity index (χ0n) is 31.5. The Bertz CT molecular complexity index is 1740. The Morgan fingerprint density at radius 1 is 0.588 bits per heavy atom. The van der Waals surface area contributed by atoms with Gasteiger partial charge >= 0.3 is 0 Å². The fourth-order valence-electron chi connectivity index (χ4n) is 7.05. The van der Waals surface area contributed by atoms with Crippen molar-refractivity contribution in [2.24, 2.45) is 11.8 Å². The quantitative estimate of drug-likeness (QED) is 0.0468. The normalized spacial score (nSPS) is 12.9. The molecule has 0 radical (unpaired) electrons. The number of hydrogen-bond donors (Lipinski definition) is 0. The number of hydrogen-bond acceptors (Lipinski definition) is 6. The van der Waals surface area contributed by atoms with Crippen LogP contribution in [-0.4, -0.2) is 23.2 Å². The summed E-state index contributed by atoms with van der Waals surface area (Å²) in [6.45, 7) is 10.4. The lowest BCUT2D eigenvalue weighted by atomic mass is 9.96. The molecule has 0 spiro atoms. The van der Waals surface area contributed by atoms with Crippen LogP contribution in [0.25, 0.3) is 42.9 Å². The van der Waals surface area contributed by atoms with Crippen molar-refractivity contribution < 1.29 is 13.9 Å². The van der Waals surface area contributed by atoms with Crippen LogP contribution < -0.4 is 9.47 Å². The zero-order valence-corrected chi connectivity index (χ0v) is 33.1. The summed E-state index contributed by atoms with van der Waals surface area (Å²) in [7, 11) is 0. The summed E-state index contributed by atoms with van der Waals surface area (Å²) >= 11 is 3.11. The van der Waals surface area contributed by atoms with Crippen molar-refractivity contribution in [2.75, 3.05) is 13.2 Å². The highest BCUT2D eigenvalue weighted by Gasteiger charge is 2.22. The Morgan fingerprint density at radius 3 is 1.57 bits per heavy atom. The number of aromatic nitrogens is 2. The van der Waals surface area contributed by atoms with E-state index in [0.717, 1.165) is 32.3 Å². The number of halogens is 1. The SMILES string of the molecule is CCCCCCC(CCCC)COc1cc2nc3c(-c4cccs4)cc(F)c(-c4cccs4)c3nc2cc1OCC(CCCC)CCCCCC. The zero-order chi connectivity index (χ0) is 35.8. The van der Waals surface area contributed by atoms with Gasteiger partial charge in [0.05, 0.1) is 35.3 Å². The van der Waals surface area contributed by atoms with Gasteiger partial charge in [0.25, 0.3) is 0 Å². The van der Waals surface area contributed by atoms with E-state index in [4.69, 9.17) is 19.4 Å². The summed E-state index contributed by atoms with van der Waals surface area (Å²) in [5.74, 6) is 2.18. The highest BCUT2D eigenvalue weighted by Crippen LogP contribution is 2.41. The van der Waals surface area contributed by atoms with Crippen LogP contribution in [0.3, 0.4) is 0 Å². The molecule has 5 aromatic rings. The molecule has 276 valence electrons. The molecule has 3 heterocycles. The van der Waals surface area contributed by atoms with Gasteiger partial charge < -0.3 is 9.47 Å². The minimum atomic E-state index is -0.280. The van der Waals surface area contributed by atoms with E-state index >= 15 is 4.39 Å². The predicted octanol–water partition coefficient (Wildman–Crippen LogP) is 14.7. The van der Waals surface area contributed by atoms with E-state index in [-0.39, 0.29) is 5.82 Å². The van der Waals surface area contributed by atoms with Crippen molar-refractivity contribution in [2.45, 2.75) is 130 Å². The van der Waals surface area contributed by atoms with Gasteiger partial charge in [-0.15, -0.1) is 22.7 Å². The Labute approximate surface area is 314 Å². The molecule has 0 aliphatic heterocycles. The number of nitrogens with zero attached hydrogens (tertiary/aromatic N) is 2. The summed E-state index contributed by atoms with van der Waals surface area (Å²) in [5, 5.41) is 4.00. The molecule has 0 saturated heterocycles. The lowest BCUT2D eigenvalue weighted by molar-refractivity contribution is 0.193. The predicted molar refractivity (Wildman–Crippen MR) is 218 cm³/mol. The van der Waals surface area contributed by atoms with Gasteiger partial charge in [-0.25, -0.2) is 14.4 Å². The van der Waals surface area contributed by atoms with Gasteiger partial charge in [0.2, 0.25) is 0 Å². The minimum Gasteiger partial charge on any atom is -0.489 e. The van der Waals surface area contributed by atoms with Gasteiger partial charge in [-0.05, 0) is 66.5 Å². The Hall–Kier alpha value is -3.03. The molecule has 4 nitrogen and oxygen atoms in total. The molecule has 5 rings (SSSR count). The highest BCUT2D eigenvalue weighted by atomic mass is 32.1. The summed E-state index contributed by atoms with van der Waals surface area (Å²) < 4.78 is 29.5. The first-order valence-electron chi connectivity index (χ1n) is 19.9. The monoisotopic (exact) mass is 730 g/mol. The van der Waals surface area contributed by atoms with Crippen LogP contribution in [0.5, 0.6) is 11.5 Å². The minimum absolute atomic E-state index is 0.280. The van der Waals surface area contributed by atoms with E-state index in [1.807, 2.05) is 47.2 Å². The molecule has 0 aliphatic rings. The summed E-state index contributed by atoms with van der Waals surface area (Å²) in [4.78, 5) is 12.2. The Kier molecular flexibility index (Phi) is 16.0. The van der Waals surface area contributed by atoms with E-state index in [2.05, 4.69) is 27.7 Å². The van der Waals surface area contributed by atoms with Crippen LogP contribution >= 0.6 is 22.7 Å². The first-order valence-corrected chi connectivity index (χ1v) is 21.6. The van der Waals surface area contributed by atoms with Gasteiger partial charge in [0, 0.05) is 27.5 Å². The molecule has 2 aromatic carbocycles. The van der Waals surface area contributed by atoms with E-state index in [9.17, 15) is 0 Å². The Morgan fingerprint density at radius 2 is 1.08 bits per heavy atom. The number of thiophene rings is 2. The van der Waals surface area contributed by atoms with Crippen molar-refractivity contribution in [3.8, 4) is 32.4 Å². The maximum absolute atomic E-state index is 16.0. The third kappa shape index (κ3) is 11.0. The van der Waals surface area contributed by atoms with E-state index in [1.165, 1.54) is 114 Å². The van der Waals surface area contributed by atoms with Crippen LogP contribution in [0, 0.1) is 17.7 Å². The number of unbranched alkanes of at least 4 members (excludes halogenated alkanes) is 8. The summed E-state index contributed by atoms with van der Waals surface area (Å²) in [6, 6.07) is 13.6. The maximum Gasteiger partial charge on any atom is 0.163 e. The smallest absolute Gasteiger partial charge is 0.163 e. The number of rotatable bonds is 24. The molecule has 0 N–H and O–H groups in total. The molecule has 0 fully saturated rings. The second-order valence-electron chi connectivity index (χ2n) is 14.3. The average Bonchev–Trinajstić information content (AvgIpc) is 3.88. The maximum atomic E-state index is 16.0. The molecule has 0 amide bonds. The molecule has 2 unspecified atom stereocenters. The molecule has 0 aliphatic carbocycles. The average molecular weight is 731 g/mol. The molecule has 0 bridgehead atoms. The first kappa shape index (κ1) is 39.2. The summed E-state index contributed by atoms with van der Waals surface area (Å²) in [5.41, 5.74) is 3.99.